The van der Waals surface area contributed by atoms with E-state index in [9.17, 15) is 4.21 Å². The summed E-state index contributed by atoms with van der Waals surface area (Å²) in [4.78, 5) is 0. The zero-order valence-corrected chi connectivity index (χ0v) is 8.60. The van der Waals surface area contributed by atoms with Crippen LogP contribution in [0.4, 0.5) is 0 Å². The molecule has 1 aliphatic heterocycles. The van der Waals surface area contributed by atoms with Crippen molar-refractivity contribution in [2.24, 2.45) is 11.8 Å². The molecule has 0 spiro atoms. The zero-order valence-electron chi connectivity index (χ0n) is 7.78. The van der Waals surface area contributed by atoms with Crippen LogP contribution in [-0.2, 0) is 20.0 Å². The van der Waals surface area contributed by atoms with E-state index in [1.165, 1.54) is 0 Å². The van der Waals surface area contributed by atoms with Crippen molar-refractivity contribution < 1.29 is 13.1 Å². The Balaban J connectivity index is 2.46. The van der Waals surface area contributed by atoms with E-state index < -0.39 is 11.1 Å². The summed E-state index contributed by atoms with van der Waals surface area (Å²) in [5, 5.41) is 0. The van der Waals surface area contributed by atoms with Crippen LogP contribution in [0.2, 0.25) is 0 Å². The molecule has 1 rings (SSSR count). The summed E-state index contributed by atoms with van der Waals surface area (Å²) in [5.74, 6) is 1.53. The van der Waals surface area contributed by atoms with Gasteiger partial charge in [-0.15, -0.1) is 0 Å². The monoisotopic (exact) mass is 192 g/mol. The van der Waals surface area contributed by atoms with Crippen molar-refractivity contribution in [1.82, 2.24) is 0 Å². The lowest BCUT2D eigenvalue weighted by molar-refractivity contribution is -0.0683. The van der Waals surface area contributed by atoms with Crippen LogP contribution < -0.4 is 0 Å². The highest BCUT2D eigenvalue weighted by molar-refractivity contribution is 7.80. The summed E-state index contributed by atoms with van der Waals surface area (Å²) in [6.07, 6.45) is 0.762. The second-order valence-electron chi connectivity index (χ2n) is 3.56. The molecule has 0 aliphatic carbocycles. The van der Waals surface area contributed by atoms with Crippen LogP contribution in [0.3, 0.4) is 0 Å². The van der Waals surface area contributed by atoms with Gasteiger partial charge in [-0.25, -0.2) is 4.21 Å². The van der Waals surface area contributed by atoms with Gasteiger partial charge in [0.25, 0.3) is 0 Å². The molecular formula is C8H16O3S. The lowest BCUT2D eigenvalue weighted by atomic mass is 9.98. The Morgan fingerprint density at radius 1 is 1.67 bits per heavy atom. The molecule has 1 heterocycles. The van der Waals surface area contributed by atoms with Gasteiger partial charge in [0.15, 0.2) is 17.4 Å². The Morgan fingerprint density at radius 3 is 2.83 bits per heavy atom. The molecule has 3 atom stereocenters. The fourth-order valence-electron chi connectivity index (χ4n) is 1.49. The summed E-state index contributed by atoms with van der Waals surface area (Å²) >= 11 is -1.12. The van der Waals surface area contributed by atoms with Gasteiger partial charge < -0.3 is 4.74 Å². The fraction of sp³-hybridized carbons (Fsp3) is 1.00. The van der Waals surface area contributed by atoms with Gasteiger partial charge in [-0.1, -0.05) is 13.8 Å². The molecule has 3 nitrogen and oxygen atoms in total. The van der Waals surface area contributed by atoms with Gasteiger partial charge in [-0.2, -0.15) is 0 Å². The Labute approximate surface area is 76.1 Å². The minimum absolute atomic E-state index is 0.256. The van der Waals surface area contributed by atoms with Crippen molar-refractivity contribution >= 4 is 11.1 Å². The van der Waals surface area contributed by atoms with Crippen LogP contribution in [0.5, 0.6) is 0 Å². The molecule has 12 heavy (non-hydrogen) atoms. The molecule has 0 radical (unpaired) electrons. The number of hydrogen-bond acceptors (Lipinski definition) is 3. The summed E-state index contributed by atoms with van der Waals surface area (Å²) in [5.41, 5.74) is 0. The molecule has 1 saturated heterocycles. The molecule has 4 heteroatoms. The van der Waals surface area contributed by atoms with E-state index in [0.717, 1.165) is 6.42 Å². The van der Waals surface area contributed by atoms with Gasteiger partial charge in [-0.05, 0) is 12.3 Å². The van der Waals surface area contributed by atoms with Crippen molar-refractivity contribution in [2.75, 3.05) is 12.9 Å². The van der Waals surface area contributed by atoms with E-state index in [4.69, 9.17) is 8.92 Å². The van der Waals surface area contributed by atoms with Crippen LogP contribution in [0.25, 0.3) is 0 Å². The second kappa shape index (κ2) is 4.35. The van der Waals surface area contributed by atoms with Crippen LogP contribution >= 0.6 is 0 Å². The van der Waals surface area contributed by atoms with E-state index in [-0.39, 0.29) is 6.29 Å². The molecular weight excluding hydrogens is 176 g/mol. The van der Waals surface area contributed by atoms with Crippen molar-refractivity contribution in [1.29, 1.82) is 0 Å². The first-order valence-electron chi connectivity index (χ1n) is 4.21. The molecule has 0 aromatic heterocycles. The number of hydrogen-bond donors (Lipinski definition) is 0. The highest BCUT2D eigenvalue weighted by atomic mass is 32.2. The Hall–Kier alpha value is 0.0700. The molecule has 0 amide bonds. The average Bonchev–Trinajstić information content (AvgIpc) is 2.29. The maximum absolute atomic E-state index is 11.0. The molecule has 1 aliphatic rings. The van der Waals surface area contributed by atoms with Gasteiger partial charge in [0.2, 0.25) is 0 Å². The topological polar surface area (TPSA) is 35.5 Å². The lowest BCUT2D eigenvalue weighted by Crippen LogP contribution is -2.20. The molecule has 0 aromatic rings. The minimum Gasteiger partial charge on any atom is -0.354 e. The van der Waals surface area contributed by atoms with Gasteiger partial charge in [0, 0.05) is 13.0 Å². The number of ether oxygens (including phenoxy) is 1. The quantitative estimate of drug-likeness (QED) is 0.676. The molecule has 0 aromatic carbocycles. The number of rotatable bonds is 3. The normalized spacial score (nSPS) is 36.2. The smallest absolute Gasteiger partial charge is 0.176 e. The van der Waals surface area contributed by atoms with Crippen LogP contribution in [0, 0.1) is 11.8 Å². The van der Waals surface area contributed by atoms with Crippen molar-refractivity contribution in [3.8, 4) is 0 Å². The first-order chi connectivity index (χ1) is 5.63. The second-order valence-corrected chi connectivity index (χ2v) is 4.69. The molecule has 0 bridgehead atoms. The Kier molecular flexibility index (Phi) is 3.68. The highest BCUT2D eigenvalue weighted by Gasteiger charge is 2.33. The van der Waals surface area contributed by atoms with E-state index >= 15 is 0 Å². The summed E-state index contributed by atoms with van der Waals surface area (Å²) in [6.45, 7) is 4.29. The molecule has 1 fully saturated rings. The molecule has 72 valence electrons. The van der Waals surface area contributed by atoms with E-state index in [1.807, 2.05) is 0 Å². The fourth-order valence-corrected chi connectivity index (χ4v) is 2.66. The van der Waals surface area contributed by atoms with Gasteiger partial charge in [0.1, 0.15) is 0 Å². The SMILES string of the molecule is COC1OS(=O)CC1CC(C)C. The van der Waals surface area contributed by atoms with Gasteiger partial charge in [0.05, 0.1) is 5.75 Å². The average molecular weight is 192 g/mol. The molecule has 0 saturated carbocycles. The maximum atomic E-state index is 11.0. The molecule has 3 unspecified atom stereocenters. The lowest BCUT2D eigenvalue weighted by Gasteiger charge is -2.16. The summed E-state index contributed by atoms with van der Waals surface area (Å²) in [7, 11) is 1.60. The highest BCUT2D eigenvalue weighted by Crippen LogP contribution is 2.26. The van der Waals surface area contributed by atoms with Crippen molar-refractivity contribution in [3.63, 3.8) is 0 Å². The standard InChI is InChI=1S/C8H16O3S/c1-6(2)4-7-5-12(9)11-8(7)10-3/h6-8H,4-5H2,1-3H3. The van der Waals surface area contributed by atoms with E-state index in [0.29, 0.717) is 17.6 Å². The van der Waals surface area contributed by atoms with Crippen LogP contribution in [-0.4, -0.2) is 23.4 Å². The summed E-state index contributed by atoms with van der Waals surface area (Å²) < 4.78 is 21.2. The van der Waals surface area contributed by atoms with E-state index in [2.05, 4.69) is 13.8 Å². The molecule has 0 N–H and O–H groups in total. The predicted molar refractivity (Wildman–Crippen MR) is 47.8 cm³/mol. The maximum Gasteiger partial charge on any atom is 0.176 e. The van der Waals surface area contributed by atoms with Crippen LogP contribution in [0.1, 0.15) is 20.3 Å². The third-order valence-corrected chi connectivity index (χ3v) is 3.05. The van der Waals surface area contributed by atoms with Crippen LogP contribution in [0.15, 0.2) is 0 Å². The zero-order chi connectivity index (χ0) is 9.14. The summed E-state index contributed by atoms with van der Waals surface area (Å²) in [6, 6.07) is 0. The van der Waals surface area contributed by atoms with Gasteiger partial charge in [-0.3, -0.25) is 4.18 Å². The van der Waals surface area contributed by atoms with E-state index in [1.54, 1.807) is 7.11 Å². The van der Waals surface area contributed by atoms with Gasteiger partial charge >= 0.3 is 0 Å². The Bertz CT molecular complexity index is 170. The minimum atomic E-state index is -1.12. The first kappa shape index (κ1) is 10.2. The Morgan fingerprint density at radius 2 is 2.33 bits per heavy atom. The first-order valence-corrected chi connectivity index (χ1v) is 5.46. The van der Waals surface area contributed by atoms with Crippen molar-refractivity contribution in [3.05, 3.63) is 0 Å². The largest absolute Gasteiger partial charge is 0.354 e. The van der Waals surface area contributed by atoms with Crippen molar-refractivity contribution in [2.45, 2.75) is 26.6 Å². The third-order valence-electron chi connectivity index (χ3n) is 1.94. The predicted octanol–water partition coefficient (Wildman–Crippen LogP) is 1.32. The third kappa shape index (κ3) is 2.54. The number of methoxy groups -OCH3 is 1.